The van der Waals surface area contributed by atoms with Crippen LogP contribution in [0.2, 0.25) is 0 Å². The smallest absolute Gasteiger partial charge is 0.340 e. The molecule has 1 unspecified atom stereocenters. The van der Waals surface area contributed by atoms with Gasteiger partial charge in [-0.05, 0) is 24.8 Å². The molecule has 140 valence electrons. The van der Waals surface area contributed by atoms with Crippen LogP contribution in [0.15, 0.2) is 21.3 Å². The Morgan fingerprint density at radius 1 is 1.23 bits per heavy atom. The normalized spacial score (nSPS) is 12.3. The van der Waals surface area contributed by atoms with Crippen molar-refractivity contribution in [3.63, 3.8) is 0 Å². The van der Waals surface area contributed by atoms with Gasteiger partial charge in [0.2, 0.25) is 5.91 Å². The lowest BCUT2D eigenvalue weighted by Crippen LogP contribution is -2.42. The molecule has 1 aromatic carbocycles. The number of phenolic OH excluding ortho intramolecular Hbond substituents is 2. The Balaban J connectivity index is 2.34. The van der Waals surface area contributed by atoms with Crippen LogP contribution in [0.3, 0.4) is 0 Å². The molecule has 1 atom stereocenters. The van der Waals surface area contributed by atoms with Crippen molar-refractivity contribution in [1.29, 1.82) is 0 Å². The molecule has 8 nitrogen and oxygen atoms in total. The van der Waals surface area contributed by atoms with E-state index in [1.807, 2.05) is 13.8 Å². The average Bonchev–Trinajstić information content (AvgIpc) is 2.49. The van der Waals surface area contributed by atoms with E-state index in [0.29, 0.717) is 5.56 Å². The van der Waals surface area contributed by atoms with E-state index >= 15 is 0 Å². The number of aliphatic carboxylic acids is 1. The summed E-state index contributed by atoms with van der Waals surface area (Å²) in [5, 5.41) is 31.3. The van der Waals surface area contributed by atoms with Crippen LogP contribution in [-0.4, -0.2) is 33.2 Å². The zero-order chi connectivity index (χ0) is 19.6. The van der Waals surface area contributed by atoms with Gasteiger partial charge in [0.05, 0.1) is 17.4 Å². The first-order chi connectivity index (χ1) is 12.1. The van der Waals surface area contributed by atoms with Gasteiger partial charge >= 0.3 is 11.6 Å². The zero-order valence-corrected chi connectivity index (χ0v) is 14.7. The monoisotopic (exact) mass is 363 g/mol. The SMILES string of the molecule is Cc1c(CC(=O)NC(CC(C)C)C(=O)O)c(=O)oc2cc(O)cc(O)c12. The Labute approximate surface area is 149 Å². The molecule has 0 spiro atoms. The molecule has 1 heterocycles. The van der Waals surface area contributed by atoms with Gasteiger partial charge in [-0.3, -0.25) is 4.79 Å². The van der Waals surface area contributed by atoms with E-state index in [4.69, 9.17) is 4.42 Å². The summed E-state index contributed by atoms with van der Waals surface area (Å²) in [6.45, 7) is 5.21. The number of benzene rings is 1. The fraction of sp³-hybridized carbons (Fsp3) is 0.389. The van der Waals surface area contributed by atoms with E-state index in [9.17, 15) is 29.7 Å². The van der Waals surface area contributed by atoms with Crippen molar-refractivity contribution in [2.75, 3.05) is 0 Å². The summed E-state index contributed by atoms with van der Waals surface area (Å²) in [6, 6.07) is 1.24. The first-order valence-electron chi connectivity index (χ1n) is 8.10. The molecule has 0 radical (unpaired) electrons. The summed E-state index contributed by atoms with van der Waals surface area (Å²) in [5.74, 6) is -2.27. The number of hydrogen-bond donors (Lipinski definition) is 4. The van der Waals surface area contributed by atoms with E-state index in [2.05, 4.69) is 5.32 Å². The molecule has 0 aliphatic rings. The minimum atomic E-state index is -1.15. The van der Waals surface area contributed by atoms with Crippen LogP contribution >= 0.6 is 0 Å². The molecule has 8 heteroatoms. The zero-order valence-electron chi connectivity index (χ0n) is 14.7. The molecule has 0 bridgehead atoms. The first-order valence-corrected chi connectivity index (χ1v) is 8.10. The van der Waals surface area contributed by atoms with E-state index in [0.717, 1.165) is 6.07 Å². The number of carboxylic acids is 1. The Morgan fingerprint density at radius 3 is 2.46 bits per heavy atom. The molecule has 0 saturated carbocycles. The molecule has 2 rings (SSSR count). The maximum absolute atomic E-state index is 12.2. The van der Waals surface area contributed by atoms with Gasteiger partial charge in [0, 0.05) is 12.1 Å². The topological polar surface area (TPSA) is 137 Å². The molecule has 0 saturated heterocycles. The van der Waals surface area contributed by atoms with Crippen molar-refractivity contribution >= 4 is 22.8 Å². The van der Waals surface area contributed by atoms with E-state index < -0.39 is 23.5 Å². The minimum Gasteiger partial charge on any atom is -0.508 e. The van der Waals surface area contributed by atoms with Gasteiger partial charge in [0.1, 0.15) is 23.1 Å². The third kappa shape index (κ3) is 4.14. The summed E-state index contributed by atoms with van der Waals surface area (Å²) in [4.78, 5) is 35.7. The fourth-order valence-corrected chi connectivity index (χ4v) is 2.81. The van der Waals surface area contributed by atoms with Crippen LogP contribution in [0.25, 0.3) is 11.0 Å². The minimum absolute atomic E-state index is 0.00243. The molecule has 2 aromatic rings. The van der Waals surface area contributed by atoms with Gasteiger partial charge in [0.15, 0.2) is 0 Å². The molecule has 0 fully saturated rings. The molecular weight excluding hydrogens is 342 g/mol. The van der Waals surface area contributed by atoms with Crippen molar-refractivity contribution in [3.8, 4) is 11.5 Å². The number of amides is 1. The predicted octanol–water partition coefficient (Wildman–Crippen LogP) is 1.67. The third-order valence-electron chi connectivity index (χ3n) is 4.02. The van der Waals surface area contributed by atoms with E-state index in [1.54, 1.807) is 6.92 Å². The Bertz CT molecular complexity index is 914. The van der Waals surface area contributed by atoms with Gasteiger partial charge in [-0.15, -0.1) is 0 Å². The second-order valence-corrected chi connectivity index (χ2v) is 6.60. The van der Waals surface area contributed by atoms with Crippen LogP contribution < -0.4 is 10.9 Å². The number of fused-ring (bicyclic) bond motifs is 1. The number of phenols is 2. The van der Waals surface area contributed by atoms with Gasteiger partial charge < -0.3 is 25.1 Å². The Kier molecular flexibility index (Phi) is 5.54. The second-order valence-electron chi connectivity index (χ2n) is 6.60. The quantitative estimate of drug-likeness (QED) is 0.573. The molecule has 0 aliphatic carbocycles. The van der Waals surface area contributed by atoms with Crippen LogP contribution in [0, 0.1) is 12.8 Å². The standard InChI is InChI=1S/C18H21NO7/c1-8(2)4-12(17(23)24)19-15(22)7-11-9(3)16-13(21)5-10(20)6-14(16)26-18(11)25/h5-6,8,12,20-21H,4,7H2,1-3H3,(H,19,22)(H,23,24). The molecule has 26 heavy (non-hydrogen) atoms. The molecule has 0 aliphatic heterocycles. The number of carboxylic acid groups (broad SMARTS) is 1. The first kappa shape index (κ1) is 19.3. The van der Waals surface area contributed by atoms with Crippen molar-refractivity contribution in [1.82, 2.24) is 5.32 Å². The van der Waals surface area contributed by atoms with Gasteiger partial charge in [-0.2, -0.15) is 0 Å². The molecule has 1 aromatic heterocycles. The summed E-state index contributed by atoms with van der Waals surface area (Å²) < 4.78 is 5.08. The summed E-state index contributed by atoms with van der Waals surface area (Å²) in [5.41, 5.74) is -0.437. The van der Waals surface area contributed by atoms with Gasteiger partial charge in [-0.1, -0.05) is 13.8 Å². The lowest BCUT2D eigenvalue weighted by atomic mass is 10.0. The highest BCUT2D eigenvalue weighted by Gasteiger charge is 2.23. The largest absolute Gasteiger partial charge is 0.508 e. The average molecular weight is 363 g/mol. The number of aromatic hydroxyl groups is 2. The number of hydrogen-bond acceptors (Lipinski definition) is 6. The van der Waals surface area contributed by atoms with Crippen molar-refractivity contribution in [2.24, 2.45) is 5.92 Å². The van der Waals surface area contributed by atoms with Crippen LogP contribution in [-0.2, 0) is 16.0 Å². The lowest BCUT2D eigenvalue weighted by molar-refractivity contribution is -0.142. The highest BCUT2D eigenvalue weighted by atomic mass is 16.4. The highest BCUT2D eigenvalue weighted by molar-refractivity contribution is 5.90. The van der Waals surface area contributed by atoms with Gasteiger partial charge in [0.25, 0.3) is 0 Å². The maximum Gasteiger partial charge on any atom is 0.340 e. The molecule has 4 N–H and O–H groups in total. The Morgan fingerprint density at radius 2 is 1.88 bits per heavy atom. The van der Waals surface area contributed by atoms with E-state index in [-0.39, 0.29) is 46.8 Å². The number of carbonyl (C=O) groups excluding carboxylic acids is 1. The number of nitrogens with one attached hydrogen (secondary N) is 1. The summed E-state index contributed by atoms with van der Waals surface area (Å²) >= 11 is 0. The van der Waals surface area contributed by atoms with Crippen LogP contribution in [0.5, 0.6) is 11.5 Å². The number of carbonyl (C=O) groups is 2. The Hall–Kier alpha value is -3.03. The third-order valence-corrected chi connectivity index (χ3v) is 4.02. The van der Waals surface area contributed by atoms with Gasteiger partial charge in [-0.25, -0.2) is 9.59 Å². The summed E-state index contributed by atoms with van der Waals surface area (Å²) in [6.07, 6.45) is -0.126. The predicted molar refractivity (Wildman–Crippen MR) is 93.3 cm³/mol. The van der Waals surface area contributed by atoms with Crippen molar-refractivity contribution in [3.05, 3.63) is 33.7 Å². The number of rotatable bonds is 6. The fourth-order valence-electron chi connectivity index (χ4n) is 2.81. The second kappa shape index (κ2) is 7.47. The van der Waals surface area contributed by atoms with E-state index in [1.165, 1.54) is 6.07 Å². The summed E-state index contributed by atoms with van der Waals surface area (Å²) in [7, 11) is 0. The highest BCUT2D eigenvalue weighted by Crippen LogP contribution is 2.32. The van der Waals surface area contributed by atoms with Crippen LogP contribution in [0.4, 0.5) is 0 Å². The van der Waals surface area contributed by atoms with Crippen molar-refractivity contribution < 1.29 is 29.3 Å². The van der Waals surface area contributed by atoms with Crippen molar-refractivity contribution in [2.45, 2.75) is 39.7 Å². The maximum atomic E-state index is 12.2. The van der Waals surface area contributed by atoms with Crippen LogP contribution in [0.1, 0.15) is 31.4 Å². The number of aryl methyl sites for hydroxylation is 1. The lowest BCUT2D eigenvalue weighted by Gasteiger charge is -2.17. The molecule has 1 amide bonds. The molecular formula is C18H21NO7.